The summed E-state index contributed by atoms with van der Waals surface area (Å²) in [5.41, 5.74) is 1.63. The maximum atomic E-state index is 12.4. The van der Waals surface area contributed by atoms with Gasteiger partial charge in [0.05, 0.1) is 12.3 Å². The zero-order valence-electron chi connectivity index (χ0n) is 14.9. The van der Waals surface area contributed by atoms with Crippen molar-refractivity contribution in [2.75, 3.05) is 5.32 Å². The molecule has 2 N–H and O–H groups in total. The van der Waals surface area contributed by atoms with E-state index in [-0.39, 0.29) is 22.7 Å². The highest BCUT2D eigenvalue weighted by Gasteiger charge is 2.28. The molecule has 2 heterocycles. The summed E-state index contributed by atoms with van der Waals surface area (Å²) in [6.07, 6.45) is 1.56. The van der Waals surface area contributed by atoms with Gasteiger partial charge in [-0.05, 0) is 55.5 Å². The topological polar surface area (TPSA) is 101 Å². The van der Waals surface area contributed by atoms with Crippen LogP contribution in [-0.2, 0) is 10.0 Å². The van der Waals surface area contributed by atoms with E-state index in [1.165, 1.54) is 6.07 Å². The standard InChI is InChI=1S/C20H17N3O4S/c1-13(17-6-4-12-27-17)21-20(24)14-8-10-15(11-9-14)22-19-16-5-2-3-7-18(16)28(25,26)23-19/h2-13H,1H3,(H,21,24)(H,22,23). The van der Waals surface area contributed by atoms with Gasteiger partial charge in [0.1, 0.15) is 10.7 Å². The second kappa shape index (κ2) is 6.97. The molecule has 28 heavy (non-hydrogen) atoms. The molecule has 0 radical (unpaired) electrons. The average molecular weight is 395 g/mol. The van der Waals surface area contributed by atoms with Gasteiger partial charge < -0.3 is 15.1 Å². The van der Waals surface area contributed by atoms with Gasteiger partial charge in [0.2, 0.25) is 0 Å². The first-order valence-corrected chi connectivity index (χ1v) is 10.0. The normalized spacial score (nSPS) is 15.4. The van der Waals surface area contributed by atoms with Crippen LogP contribution < -0.4 is 10.6 Å². The predicted molar refractivity (Wildman–Crippen MR) is 105 cm³/mol. The highest BCUT2D eigenvalue weighted by Crippen LogP contribution is 2.26. The number of sulfonamides is 1. The van der Waals surface area contributed by atoms with Crippen LogP contribution in [0.3, 0.4) is 0 Å². The molecule has 3 aromatic rings. The Morgan fingerprint density at radius 3 is 2.50 bits per heavy atom. The molecule has 0 saturated heterocycles. The number of carbonyl (C=O) groups is 1. The number of hydrogen-bond acceptors (Lipinski definition) is 5. The number of nitrogens with one attached hydrogen (secondary N) is 2. The van der Waals surface area contributed by atoms with Crippen molar-refractivity contribution in [3.05, 3.63) is 83.8 Å². The fraction of sp³-hybridized carbons (Fsp3) is 0.100. The molecule has 0 spiro atoms. The number of amidine groups is 1. The van der Waals surface area contributed by atoms with Gasteiger partial charge in [-0.15, -0.1) is 4.40 Å². The van der Waals surface area contributed by atoms with Crippen LogP contribution >= 0.6 is 0 Å². The Kier molecular flexibility index (Phi) is 4.48. The fourth-order valence-corrected chi connectivity index (χ4v) is 4.10. The van der Waals surface area contributed by atoms with E-state index in [9.17, 15) is 13.2 Å². The summed E-state index contributed by atoms with van der Waals surface area (Å²) in [5.74, 6) is 0.701. The summed E-state index contributed by atoms with van der Waals surface area (Å²) < 4.78 is 33.3. The maximum absolute atomic E-state index is 12.4. The number of furan rings is 1. The third kappa shape index (κ3) is 3.41. The van der Waals surface area contributed by atoms with E-state index in [0.29, 0.717) is 22.6 Å². The van der Waals surface area contributed by atoms with Gasteiger partial charge >= 0.3 is 0 Å². The number of rotatable bonds is 4. The first kappa shape index (κ1) is 18.0. The molecule has 1 aromatic heterocycles. The Labute approximate surface area is 162 Å². The van der Waals surface area contributed by atoms with Gasteiger partial charge in [-0.25, -0.2) is 0 Å². The van der Waals surface area contributed by atoms with E-state index < -0.39 is 10.0 Å². The van der Waals surface area contributed by atoms with Crippen LogP contribution in [0.15, 0.2) is 80.6 Å². The minimum Gasteiger partial charge on any atom is -0.467 e. The lowest BCUT2D eigenvalue weighted by Crippen LogP contribution is -2.26. The largest absolute Gasteiger partial charge is 0.467 e. The second-order valence-corrected chi connectivity index (χ2v) is 7.90. The van der Waals surface area contributed by atoms with Crippen LogP contribution in [0.2, 0.25) is 0 Å². The highest BCUT2D eigenvalue weighted by atomic mass is 32.2. The van der Waals surface area contributed by atoms with Crippen LogP contribution in [-0.4, -0.2) is 20.2 Å². The first-order chi connectivity index (χ1) is 13.4. The summed E-state index contributed by atoms with van der Waals surface area (Å²) in [6, 6.07) is 16.6. The molecule has 4 rings (SSSR count). The predicted octanol–water partition coefficient (Wildman–Crippen LogP) is 3.33. The van der Waals surface area contributed by atoms with Crippen LogP contribution in [0.1, 0.15) is 34.6 Å². The molecule has 1 unspecified atom stereocenters. The van der Waals surface area contributed by atoms with Gasteiger partial charge in [-0.1, -0.05) is 12.1 Å². The molecule has 0 fully saturated rings. The Morgan fingerprint density at radius 1 is 1.04 bits per heavy atom. The number of nitrogens with zero attached hydrogens (tertiary/aromatic N) is 1. The molecule has 1 aliphatic heterocycles. The molecule has 0 saturated carbocycles. The molecule has 1 amide bonds. The first-order valence-electron chi connectivity index (χ1n) is 8.60. The average Bonchev–Trinajstić information content (AvgIpc) is 3.30. The summed E-state index contributed by atoms with van der Waals surface area (Å²) in [6.45, 7) is 1.84. The van der Waals surface area contributed by atoms with E-state index in [1.807, 2.05) is 6.92 Å². The quantitative estimate of drug-likeness (QED) is 0.706. The SMILES string of the molecule is CC(NC(=O)c1ccc(NC2=NS(=O)(=O)c3ccccc32)cc1)c1ccco1. The van der Waals surface area contributed by atoms with Crippen molar-refractivity contribution in [1.29, 1.82) is 0 Å². The third-order valence-corrected chi connectivity index (χ3v) is 5.69. The zero-order chi connectivity index (χ0) is 19.7. The Bertz CT molecular complexity index is 1150. The number of fused-ring (bicyclic) bond motifs is 1. The Hall–Kier alpha value is -3.39. The number of amides is 1. The molecular formula is C20H17N3O4S. The van der Waals surface area contributed by atoms with Gasteiger partial charge in [-0.2, -0.15) is 8.42 Å². The summed E-state index contributed by atoms with van der Waals surface area (Å²) >= 11 is 0. The van der Waals surface area contributed by atoms with Crippen molar-refractivity contribution in [2.45, 2.75) is 17.9 Å². The lowest BCUT2D eigenvalue weighted by Gasteiger charge is -2.12. The maximum Gasteiger partial charge on any atom is 0.285 e. The van der Waals surface area contributed by atoms with E-state index in [1.54, 1.807) is 60.9 Å². The summed E-state index contributed by atoms with van der Waals surface area (Å²) in [7, 11) is -3.68. The van der Waals surface area contributed by atoms with Crippen molar-refractivity contribution in [3.63, 3.8) is 0 Å². The molecule has 142 valence electrons. The molecule has 7 nitrogen and oxygen atoms in total. The molecule has 0 aliphatic carbocycles. The van der Waals surface area contributed by atoms with Crippen molar-refractivity contribution in [2.24, 2.45) is 4.40 Å². The third-order valence-electron chi connectivity index (χ3n) is 4.36. The van der Waals surface area contributed by atoms with E-state index in [2.05, 4.69) is 15.0 Å². The summed E-state index contributed by atoms with van der Waals surface area (Å²) in [4.78, 5) is 12.6. The van der Waals surface area contributed by atoms with Gasteiger partial charge in [0, 0.05) is 16.8 Å². The number of anilines is 1. The van der Waals surface area contributed by atoms with Crippen LogP contribution in [0.4, 0.5) is 5.69 Å². The molecular weight excluding hydrogens is 378 g/mol. The minimum atomic E-state index is -3.68. The van der Waals surface area contributed by atoms with Crippen LogP contribution in [0, 0.1) is 0 Å². The molecule has 1 atom stereocenters. The Morgan fingerprint density at radius 2 is 1.79 bits per heavy atom. The molecule has 2 aromatic carbocycles. The van der Waals surface area contributed by atoms with E-state index in [0.717, 1.165) is 0 Å². The zero-order valence-corrected chi connectivity index (χ0v) is 15.7. The van der Waals surface area contributed by atoms with Gasteiger partial charge in [-0.3, -0.25) is 4.79 Å². The lowest BCUT2D eigenvalue weighted by atomic mass is 10.1. The smallest absolute Gasteiger partial charge is 0.285 e. The van der Waals surface area contributed by atoms with Crippen molar-refractivity contribution >= 4 is 27.5 Å². The van der Waals surface area contributed by atoms with Crippen molar-refractivity contribution in [3.8, 4) is 0 Å². The molecule has 8 heteroatoms. The fourth-order valence-electron chi connectivity index (χ4n) is 2.93. The minimum absolute atomic E-state index is 0.181. The highest BCUT2D eigenvalue weighted by molar-refractivity contribution is 7.90. The number of benzene rings is 2. The summed E-state index contributed by atoms with van der Waals surface area (Å²) in [5, 5.41) is 5.86. The monoisotopic (exact) mass is 395 g/mol. The lowest BCUT2D eigenvalue weighted by molar-refractivity contribution is 0.0935. The number of hydrogen-bond donors (Lipinski definition) is 2. The van der Waals surface area contributed by atoms with Crippen molar-refractivity contribution < 1.29 is 17.6 Å². The van der Waals surface area contributed by atoms with Gasteiger partial charge in [0.25, 0.3) is 15.9 Å². The van der Waals surface area contributed by atoms with Crippen LogP contribution in [0.5, 0.6) is 0 Å². The Balaban J connectivity index is 1.48. The van der Waals surface area contributed by atoms with Gasteiger partial charge in [0.15, 0.2) is 5.84 Å². The number of carbonyl (C=O) groups excluding carboxylic acids is 1. The second-order valence-electron chi connectivity index (χ2n) is 6.32. The van der Waals surface area contributed by atoms with E-state index >= 15 is 0 Å². The van der Waals surface area contributed by atoms with Crippen molar-refractivity contribution in [1.82, 2.24) is 5.32 Å². The van der Waals surface area contributed by atoms with Crippen LogP contribution in [0.25, 0.3) is 0 Å². The molecule has 1 aliphatic rings. The van der Waals surface area contributed by atoms with E-state index in [4.69, 9.17) is 4.42 Å². The molecule has 0 bridgehead atoms.